The Labute approximate surface area is 183 Å². The van der Waals surface area contributed by atoms with Gasteiger partial charge in [0.05, 0.1) is 30.7 Å². The number of nitrogens with two attached hydrogens (primary N) is 1. The molecule has 7 nitrogen and oxygen atoms in total. The summed E-state index contributed by atoms with van der Waals surface area (Å²) in [5.74, 6) is -0.558. The van der Waals surface area contributed by atoms with E-state index in [2.05, 4.69) is 0 Å². The van der Waals surface area contributed by atoms with Crippen molar-refractivity contribution < 1.29 is 23.9 Å². The third-order valence-electron chi connectivity index (χ3n) is 5.08. The van der Waals surface area contributed by atoms with E-state index in [4.69, 9.17) is 15.2 Å². The first-order valence-corrected chi connectivity index (χ1v) is 10.5. The average Bonchev–Trinajstić information content (AvgIpc) is 3.35. The first kappa shape index (κ1) is 20.6. The van der Waals surface area contributed by atoms with Crippen molar-refractivity contribution in [3.63, 3.8) is 0 Å². The fourth-order valence-electron chi connectivity index (χ4n) is 3.56. The van der Waals surface area contributed by atoms with Gasteiger partial charge in [-0.1, -0.05) is 36.4 Å². The zero-order chi connectivity index (χ0) is 22.0. The molecule has 0 fully saturated rings. The van der Waals surface area contributed by atoms with Gasteiger partial charge in [0.2, 0.25) is 5.91 Å². The summed E-state index contributed by atoms with van der Waals surface area (Å²) in [6, 6.07) is 13.9. The molecule has 0 radical (unpaired) electrons. The Morgan fingerprint density at radius 1 is 1.03 bits per heavy atom. The summed E-state index contributed by atoms with van der Waals surface area (Å²) in [4.78, 5) is 38.6. The van der Waals surface area contributed by atoms with Gasteiger partial charge >= 0.3 is 0 Å². The monoisotopic (exact) mass is 436 g/mol. The van der Waals surface area contributed by atoms with Gasteiger partial charge < -0.3 is 15.2 Å². The van der Waals surface area contributed by atoms with E-state index in [-0.39, 0.29) is 6.42 Å². The van der Waals surface area contributed by atoms with E-state index in [0.717, 1.165) is 10.5 Å². The van der Waals surface area contributed by atoms with Gasteiger partial charge in [0.25, 0.3) is 11.8 Å². The van der Waals surface area contributed by atoms with Gasteiger partial charge in [0.15, 0.2) is 11.5 Å². The molecule has 1 unspecified atom stereocenters. The topological polar surface area (TPSA) is 98.9 Å². The molecule has 1 aliphatic heterocycles. The minimum Gasteiger partial charge on any atom is -0.493 e. The van der Waals surface area contributed by atoms with Gasteiger partial charge in [-0.3, -0.25) is 19.3 Å². The molecule has 31 heavy (non-hydrogen) atoms. The van der Waals surface area contributed by atoms with Crippen LogP contribution in [0, 0.1) is 0 Å². The van der Waals surface area contributed by atoms with E-state index in [1.54, 1.807) is 29.0 Å². The number of hydrogen-bond acceptors (Lipinski definition) is 6. The maximum absolute atomic E-state index is 12.8. The van der Waals surface area contributed by atoms with Crippen LogP contribution in [0.15, 0.2) is 59.3 Å². The standard InChI is InChI=1S/C23H20N2O5S/c1-29-20-9-15(7-8-19(20)30-11-14-5-3-2-4-6-14)18(10-21(24)26)25-22(27)16-12-31-13-17(16)23(25)28/h2-9,12-13,18H,10-11H2,1H3,(H2,24,26). The molecular formula is C23H20N2O5S. The smallest absolute Gasteiger partial charge is 0.262 e. The third-order valence-corrected chi connectivity index (χ3v) is 5.82. The molecule has 1 aromatic heterocycles. The summed E-state index contributed by atoms with van der Waals surface area (Å²) in [7, 11) is 1.50. The Kier molecular flexibility index (Phi) is 5.73. The molecular weight excluding hydrogens is 416 g/mol. The lowest BCUT2D eigenvalue weighted by molar-refractivity contribution is -0.118. The van der Waals surface area contributed by atoms with Crippen LogP contribution < -0.4 is 15.2 Å². The molecule has 0 spiro atoms. The SMILES string of the molecule is COc1cc(C(CC(N)=O)N2C(=O)c3cscc3C2=O)ccc1OCc1ccccc1. The van der Waals surface area contributed by atoms with Crippen molar-refractivity contribution in [3.8, 4) is 11.5 Å². The van der Waals surface area contributed by atoms with Gasteiger partial charge in [0, 0.05) is 10.8 Å². The predicted octanol–water partition coefficient (Wildman–Crippen LogP) is 3.55. The Morgan fingerprint density at radius 2 is 1.71 bits per heavy atom. The second-order valence-corrected chi connectivity index (χ2v) is 7.79. The van der Waals surface area contributed by atoms with Crippen molar-refractivity contribution in [2.75, 3.05) is 7.11 Å². The number of methoxy groups -OCH3 is 1. The van der Waals surface area contributed by atoms with Crippen LogP contribution in [0.3, 0.4) is 0 Å². The van der Waals surface area contributed by atoms with Crippen LogP contribution in [0.25, 0.3) is 0 Å². The van der Waals surface area contributed by atoms with E-state index < -0.39 is 23.8 Å². The van der Waals surface area contributed by atoms with Crippen molar-refractivity contribution in [1.82, 2.24) is 4.90 Å². The second kappa shape index (κ2) is 8.61. The number of rotatable bonds is 8. The molecule has 2 heterocycles. The highest BCUT2D eigenvalue weighted by Crippen LogP contribution is 2.38. The number of fused-ring (bicyclic) bond motifs is 1. The number of primary amides is 1. The molecule has 1 atom stereocenters. The zero-order valence-corrected chi connectivity index (χ0v) is 17.6. The Morgan fingerprint density at radius 3 is 2.32 bits per heavy atom. The van der Waals surface area contributed by atoms with Crippen molar-refractivity contribution in [1.29, 1.82) is 0 Å². The molecule has 3 amide bonds. The first-order valence-electron chi connectivity index (χ1n) is 9.56. The number of carbonyl (C=O) groups excluding carboxylic acids is 3. The molecule has 2 aromatic carbocycles. The van der Waals surface area contributed by atoms with E-state index in [9.17, 15) is 14.4 Å². The number of imide groups is 1. The minimum atomic E-state index is -0.841. The lowest BCUT2D eigenvalue weighted by atomic mass is 10.0. The number of carbonyl (C=O) groups is 3. The number of ether oxygens (including phenoxy) is 2. The molecule has 1 aliphatic rings. The molecule has 3 aromatic rings. The van der Waals surface area contributed by atoms with Gasteiger partial charge in [0.1, 0.15) is 6.61 Å². The van der Waals surface area contributed by atoms with Gasteiger partial charge in [-0.15, -0.1) is 0 Å². The molecule has 2 N–H and O–H groups in total. The number of amides is 3. The lowest BCUT2D eigenvalue weighted by Gasteiger charge is -2.26. The van der Waals surface area contributed by atoms with Crippen LogP contribution in [-0.4, -0.2) is 29.7 Å². The largest absolute Gasteiger partial charge is 0.493 e. The van der Waals surface area contributed by atoms with Crippen LogP contribution in [0.4, 0.5) is 0 Å². The van der Waals surface area contributed by atoms with Crippen LogP contribution >= 0.6 is 11.3 Å². The van der Waals surface area contributed by atoms with Gasteiger partial charge in [-0.2, -0.15) is 11.3 Å². The number of nitrogens with zero attached hydrogens (tertiary/aromatic N) is 1. The van der Waals surface area contributed by atoms with Crippen LogP contribution in [0.5, 0.6) is 11.5 Å². The molecule has 8 heteroatoms. The molecule has 0 saturated heterocycles. The Hall–Kier alpha value is -3.65. The predicted molar refractivity (Wildman–Crippen MR) is 115 cm³/mol. The van der Waals surface area contributed by atoms with Crippen molar-refractivity contribution in [2.24, 2.45) is 5.73 Å². The fraction of sp³-hybridized carbons (Fsp3) is 0.174. The highest BCUT2D eigenvalue weighted by molar-refractivity contribution is 7.08. The van der Waals surface area contributed by atoms with Gasteiger partial charge in [-0.25, -0.2) is 0 Å². The summed E-state index contributed by atoms with van der Waals surface area (Å²) in [6.45, 7) is 0.352. The Bertz CT molecular complexity index is 1110. The van der Waals surface area contributed by atoms with Crippen molar-refractivity contribution >= 4 is 29.1 Å². The zero-order valence-electron chi connectivity index (χ0n) is 16.7. The van der Waals surface area contributed by atoms with E-state index >= 15 is 0 Å². The highest BCUT2D eigenvalue weighted by atomic mass is 32.1. The Balaban J connectivity index is 1.63. The average molecular weight is 436 g/mol. The fourth-order valence-corrected chi connectivity index (χ4v) is 4.35. The molecule has 4 rings (SSSR count). The van der Waals surface area contributed by atoms with Crippen LogP contribution in [-0.2, 0) is 11.4 Å². The molecule has 0 bridgehead atoms. The number of benzene rings is 2. The lowest BCUT2D eigenvalue weighted by Crippen LogP contribution is -2.36. The maximum Gasteiger partial charge on any atom is 0.262 e. The second-order valence-electron chi connectivity index (χ2n) is 7.05. The number of hydrogen-bond donors (Lipinski definition) is 1. The molecule has 0 saturated carbocycles. The normalized spacial score (nSPS) is 13.8. The summed E-state index contributed by atoms with van der Waals surface area (Å²) < 4.78 is 11.3. The van der Waals surface area contributed by atoms with E-state index in [1.807, 2.05) is 30.3 Å². The van der Waals surface area contributed by atoms with E-state index in [1.165, 1.54) is 18.4 Å². The molecule has 158 valence electrons. The van der Waals surface area contributed by atoms with Gasteiger partial charge in [-0.05, 0) is 23.3 Å². The minimum absolute atomic E-state index is 0.196. The highest BCUT2D eigenvalue weighted by Gasteiger charge is 2.41. The third kappa shape index (κ3) is 4.02. The summed E-state index contributed by atoms with van der Waals surface area (Å²) in [6.07, 6.45) is -0.196. The number of thiophene rings is 1. The quantitative estimate of drug-likeness (QED) is 0.545. The van der Waals surface area contributed by atoms with Crippen molar-refractivity contribution in [2.45, 2.75) is 19.1 Å². The molecule has 0 aliphatic carbocycles. The van der Waals surface area contributed by atoms with Crippen LogP contribution in [0.1, 0.15) is 44.3 Å². The van der Waals surface area contributed by atoms with Crippen LogP contribution in [0.2, 0.25) is 0 Å². The maximum atomic E-state index is 12.8. The summed E-state index contributed by atoms with van der Waals surface area (Å²) in [5.41, 5.74) is 7.69. The summed E-state index contributed by atoms with van der Waals surface area (Å²) in [5, 5.41) is 3.27. The van der Waals surface area contributed by atoms with Crippen molar-refractivity contribution in [3.05, 3.63) is 81.5 Å². The van der Waals surface area contributed by atoms with E-state index in [0.29, 0.717) is 34.8 Å². The first-order chi connectivity index (χ1) is 15.0. The summed E-state index contributed by atoms with van der Waals surface area (Å²) >= 11 is 1.29.